The summed E-state index contributed by atoms with van der Waals surface area (Å²) >= 11 is 3.43. The normalized spacial score (nSPS) is 13.1. The van der Waals surface area contributed by atoms with Crippen LogP contribution < -0.4 is 5.32 Å². The maximum absolute atomic E-state index is 13.0. The third-order valence-electron chi connectivity index (χ3n) is 2.73. The minimum Gasteiger partial charge on any atom is -0.314 e. The molecular formula is C14H21BrFN. The van der Waals surface area contributed by atoms with Crippen molar-refractivity contribution in [2.24, 2.45) is 5.92 Å². The molecule has 1 aromatic carbocycles. The van der Waals surface area contributed by atoms with Gasteiger partial charge in [0.05, 0.1) is 0 Å². The molecule has 96 valence electrons. The summed E-state index contributed by atoms with van der Waals surface area (Å²) in [5.41, 5.74) is 1.16. The fourth-order valence-electron chi connectivity index (χ4n) is 2.05. The van der Waals surface area contributed by atoms with Gasteiger partial charge in [-0.1, -0.05) is 42.8 Å². The summed E-state index contributed by atoms with van der Waals surface area (Å²) in [5, 5.41) is 3.49. The Balaban J connectivity index is 2.71. The molecule has 0 aliphatic rings. The Bertz CT molecular complexity index is 352. The van der Waals surface area contributed by atoms with Crippen LogP contribution in [0.3, 0.4) is 0 Å². The number of rotatable bonds is 6. The first-order chi connectivity index (χ1) is 8.02. The van der Waals surface area contributed by atoms with Gasteiger partial charge in [0.15, 0.2) is 0 Å². The molecule has 0 aliphatic heterocycles. The minimum absolute atomic E-state index is 0.190. The molecule has 0 saturated carbocycles. The lowest BCUT2D eigenvalue weighted by Gasteiger charge is -2.20. The van der Waals surface area contributed by atoms with Crippen LogP contribution in [0.15, 0.2) is 22.7 Å². The largest absolute Gasteiger partial charge is 0.314 e. The van der Waals surface area contributed by atoms with Crippen molar-refractivity contribution >= 4 is 15.9 Å². The van der Waals surface area contributed by atoms with Crippen LogP contribution in [0.5, 0.6) is 0 Å². The molecule has 17 heavy (non-hydrogen) atoms. The molecule has 0 bridgehead atoms. The lowest BCUT2D eigenvalue weighted by atomic mass is 9.97. The predicted octanol–water partition coefficient (Wildman–Crippen LogP) is 4.15. The maximum atomic E-state index is 13.0. The Kier molecular flexibility index (Phi) is 6.14. The van der Waals surface area contributed by atoms with Gasteiger partial charge in [0.25, 0.3) is 0 Å². The van der Waals surface area contributed by atoms with Crippen LogP contribution in [-0.2, 0) is 6.42 Å². The smallest absolute Gasteiger partial charge is 0.124 e. The lowest BCUT2D eigenvalue weighted by Crippen LogP contribution is -2.32. The van der Waals surface area contributed by atoms with Crippen LogP contribution in [0.25, 0.3) is 0 Å². The third kappa shape index (κ3) is 5.17. The Morgan fingerprint density at radius 2 is 2.06 bits per heavy atom. The predicted molar refractivity (Wildman–Crippen MR) is 74.7 cm³/mol. The van der Waals surface area contributed by atoms with Crippen LogP contribution >= 0.6 is 15.9 Å². The third-order valence-corrected chi connectivity index (χ3v) is 3.47. The molecule has 1 nitrogen and oxygen atoms in total. The SMILES string of the molecule is CCNC(Cc1ccc(F)cc1Br)CC(C)C. The Morgan fingerprint density at radius 1 is 1.35 bits per heavy atom. The quantitative estimate of drug-likeness (QED) is 0.832. The van der Waals surface area contributed by atoms with E-state index in [0.29, 0.717) is 12.0 Å². The van der Waals surface area contributed by atoms with E-state index in [2.05, 4.69) is 42.0 Å². The summed E-state index contributed by atoms with van der Waals surface area (Å²) in [7, 11) is 0. The van der Waals surface area contributed by atoms with Crippen LogP contribution in [0.1, 0.15) is 32.8 Å². The van der Waals surface area contributed by atoms with Gasteiger partial charge < -0.3 is 5.32 Å². The number of halogens is 2. The van der Waals surface area contributed by atoms with E-state index in [9.17, 15) is 4.39 Å². The first kappa shape index (κ1) is 14.7. The van der Waals surface area contributed by atoms with Crippen molar-refractivity contribution in [3.63, 3.8) is 0 Å². The highest BCUT2D eigenvalue weighted by Gasteiger charge is 2.12. The van der Waals surface area contributed by atoms with E-state index in [1.807, 2.05) is 6.07 Å². The minimum atomic E-state index is -0.190. The van der Waals surface area contributed by atoms with E-state index < -0.39 is 0 Å². The average molecular weight is 302 g/mol. The number of benzene rings is 1. The monoisotopic (exact) mass is 301 g/mol. The molecule has 1 atom stereocenters. The van der Waals surface area contributed by atoms with Crippen molar-refractivity contribution in [2.45, 2.75) is 39.7 Å². The van der Waals surface area contributed by atoms with Gasteiger partial charge in [-0.05, 0) is 43.0 Å². The molecule has 0 aromatic heterocycles. The standard InChI is InChI=1S/C14H21BrFN/c1-4-17-13(7-10(2)3)8-11-5-6-12(16)9-14(11)15/h5-6,9-10,13,17H,4,7-8H2,1-3H3. The highest BCUT2D eigenvalue weighted by molar-refractivity contribution is 9.10. The molecular weight excluding hydrogens is 281 g/mol. The summed E-state index contributed by atoms with van der Waals surface area (Å²) in [4.78, 5) is 0. The van der Waals surface area contributed by atoms with Gasteiger partial charge in [-0.3, -0.25) is 0 Å². The van der Waals surface area contributed by atoms with Crippen molar-refractivity contribution in [3.05, 3.63) is 34.1 Å². The molecule has 1 N–H and O–H groups in total. The van der Waals surface area contributed by atoms with Gasteiger partial charge in [-0.25, -0.2) is 4.39 Å². The first-order valence-corrected chi connectivity index (χ1v) is 6.99. The summed E-state index contributed by atoms with van der Waals surface area (Å²) in [6.45, 7) is 7.54. The van der Waals surface area contributed by atoms with Crippen LogP contribution in [0.2, 0.25) is 0 Å². The number of likely N-dealkylation sites (N-methyl/N-ethyl adjacent to an activating group) is 1. The second-order valence-electron chi connectivity index (χ2n) is 4.82. The van der Waals surface area contributed by atoms with E-state index >= 15 is 0 Å². The zero-order chi connectivity index (χ0) is 12.8. The Hall–Kier alpha value is -0.410. The Morgan fingerprint density at radius 3 is 2.59 bits per heavy atom. The van der Waals surface area contributed by atoms with E-state index in [4.69, 9.17) is 0 Å². The van der Waals surface area contributed by atoms with Crippen molar-refractivity contribution in [1.29, 1.82) is 0 Å². The highest BCUT2D eigenvalue weighted by Crippen LogP contribution is 2.21. The molecule has 0 fully saturated rings. The molecule has 1 aromatic rings. The summed E-state index contributed by atoms with van der Waals surface area (Å²) in [6, 6.07) is 5.39. The lowest BCUT2D eigenvalue weighted by molar-refractivity contribution is 0.423. The summed E-state index contributed by atoms with van der Waals surface area (Å²) < 4.78 is 13.9. The zero-order valence-electron chi connectivity index (χ0n) is 10.8. The van der Waals surface area contributed by atoms with Gasteiger partial charge in [-0.2, -0.15) is 0 Å². The van der Waals surface area contributed by atoms with E-state index in [1.54, 1.807) is 0 Å². The fraction of sp³-hybridized carbons (Fsp3) is 0.571. The second kappa shape index (κ2) is 7.12. The zero-order valence-corrected chi connectivity index (χ0v) is 12.3. The first-order valence-electron chi connectivity index (χ1n) is 6.20. The molecule has 0 radical (unpaired) electrons. The van der Waals surface area contributed by atoms with Gasteiger partial charge >= 0.3 is 0 Å². The fourth-order valence-corrected chi connectivity index (χ4v) is 2.56. The number of hydrogen-bond donors (Lipinski definition) is 1. The molecule has 1 rings (SSSR count). The van der Waals surface area contributed by atoms with E-state index in [1.165, 1.54) is 12.1 Å². The van der Waals surface area contributed by atoms with Crippen molar-refractivity contribution in [2.75, 3.05) is 6.54 Å². The van der Waals surface area contributed by atoms with E-state index in [0.717, 1.165) is 29.4 Å². The molecule has 0 spiro atoms. The maximum Gasteiger partial charge on any atom is 0.124 e. The molecule has 3 heteroatoms. The van der Waals surface area contributed by atoms with Crippen LogP contribution in [0, 0.1) is 11.7 Å². The summed E-state index contributed by atoms with van der Waals surface area (Å²) in [6.07, 6.45) is 2.07. The average Bonchev–Trinajstić information content (AvgIpc) is 2.21. The van der Waals surface area contributed by atoms with Gasteiger partial charge in [0.1, 0.15) is 5.82 Å². The van der Waals surface area contributed by atoms with Crippen LogP contribution in [0.4, 0.5) is 4.39 Å². The Labute approximate surface area is 112 Å². The highest BCUT2D eigenvalue weighted by atomic mass is 79.9. The number of nitrogens with one attached hydrogen (secondary N) is 1. The molecule has 0 heterocycles. The summed E-state index contributed by atoms with van der Waals surface area (Å²) in [5.74, 6) is 0.475. The van der Waals surface area contributed by atoms with Crippen LogP contribution in [-0.4, -0.2) is 12.6 Å². The second-order valence-corrected chi connectivity index (χ2v) is 5.68. The molecule has 0 aliphatic carbocycles. The number of hydrogen-bond acceptors (Lipinski definition) is 1. The molecule has 1 unspecified atom stereocenters. The van der Waals surface area contributed by atoms with Gasteiger partial charge in [-0.15, -0.1) is 0 Å². The molecule has 0 saturated heterocycles. The van der Waals surface area contributed by atoms with Gasteiger partial charge in [0, 0.05) is 10.5 Å². The molecule has 0 amide bonds. The van der Waals surface area contributed by atoms with Crippen molar-refractivity contribution in [3.8, 4) is 0 Å². The van der Waals surface area contributed by atoms with E-state index in [-0.39, 0.29) is 5.82 Å². The van der Waals surface area contributed by atoms with Crippen molar-refractivity contribution < 1.29 is 4.39 Å². The van der Waals surface area contributed by atoms with Crippen molar-refractivity contribution in [1.82, 2.24) is 5.32 Å². The van der Waals surface area contributed by atoms with Gasteiger partial charge in [0.2, 0.25) is 0 Å². The topological polar surface area (TPSA) is 12.0 Å².